The monoisotopic (exact) mass is 262 g/mol. The number of benzene rings is 2. The highest BCUT2D eigenvalue weighted by Crippen LogP contribution is 2.18. The van der Waals surface area contributed by atoms with Crippen LogP contribution in [0.2, 0.25) is 0 Å². The van der Waals surface area contributed by atoms with Gasteiger partial charge < -0.3 is 4.74 Å². The molecular weight excluding hydrogens is 250 g/mol. The summed E-state index contributed by atoms with van der Waals surface area (Å²) in [5.74, 6) is 0.613. The lowest BCUT2D eigenvalue weighted by atomic mass is 10.3. The molecule has 1 radical (unpaired) electrons. The Kier molecular flexibility index (Phi) is 3.53. The molecule has 2 aromatic rings. The first-order valence-corrected chi connectivity index (χ1v) is 6.73. The smallest absolute Gasteiger partial charge is 0.261 e. The minimum absolute atomic E-state index is 0.187. The highest BCUT2D eigenvalue weighted by atomic mass is 32.2. The summed E-state index contributed by atoms with van der Waals surface area (Å²) in [7, 11) is -2.03. The van der Waals surface area contributed by atoms with Gasteiger partial charge in [0.2, 0.25) is 0 Å². The van der Waals surface area contributed by atoms with Gasteiger partial charge >= 0.3 is 0 Å². The fourth-order valence-corrected chi connectivity index (χ4v) is 2.48. The van der Waals surface area contributed by atoms with Crippen molar-refractivity contribution in [1.29, 1.82) is 0 Å². The SMILES string of the molecule is COc1ccc(S(=O)(=O)Nc2c[c]ccc2)cc1. The Bertz CT molecular complexity index is 606. The first-order chi connectivity index (χ1) is 8.62. The van der Waals surface area contributed by atoms with Gasteiger partial charge in [0.25, 0.3) is 10.0 Å². The summed E-state index contributed by atoms with van der Waals surface area (Å²) in [6.45, 7) is 0. The summed E-state index contributed by atoms with van der Waals surface area (Å²) < 4.78 is 31.5. The molecule has 0 atom stereocenters. The number of hydrogen-bond acceptors (Lipinski definition) is 3. The number of hydrogen-bond donors (Lipinski definition) is 1. The first-order valence-electron chi connectivity index (χ1n) is 5.25. The van der Waals surface area contributed by atoms with Gasteiger partial charge in [0.05, 0.1) is 12.0 Å². The minimum atomic E-state index is -3.56. The molecule has 0 aliphatic rings. The lowest BCUT2D eigenvalue weighted by Crippen LogP contribution is -2.12. The van der Waals surface area contributed by atoms with E-state index in [-0.39, 0.29) is 4.90 Å². The average molecular weight is 262 g/mol. The maximum absolute atomic E-state index is 12.0. The third kappa shape index (κ3) is 2.81. The number of nitrogens with one attached hydrogen (secondary N) is 1. The van der Waals surface area contributed by atoms with Gasteiger partial charge in [-0.1, -0.05) is 12.1 Å². The molecule has 1 N–H and O–H groups in total. The topological polar surface area (TPSA) is 55.4 Å². The predicted molar refractivity (Wildman–Crippen MR) is 69.1 cm³/mol. The quantitative estimate of drug-likeness (QED) is 0.919. The third-order valence-corrected chi connectivity index (χ3v) is 3.73. The molecule has 0 saturated heterocycles. The fourth-order valence-electron chi connectivity index (χ4n) is 1.43. The number of rotatable bonds is 4. The zero-order chi connectivity index (χ0) is 13.0. The second-order valence-corrected chi connectivity index (χ2v) is 5.26. The number of ether oxygens (including phenoxy) is 1. The van der Waals surface area contributed by atoms with Crippen LogP contribution >= 0.6 is 0 Å². The van der Waals surface area contributed by atoms with E-state index in [1.807, 2.05) is 0 Å². The van der Waals surface area contributed by atoms with E-state index >= 15 is 0 Å². The second-order valence-electron chi connectivity index (χ2n) is 3.57. The Labute approximate surface area is 106 Å². The molecule has 0 saturated carbocycles. The van der Waals surface area contributed by atoms with Gasteiger partial charge in [0.1, 0.15) is 5.75 Å². The Morgan fingerprint density at radius 1 is 1.17 bits per heavy atom. The first kappa shape index (κ1) is 12.4. The molecule has 0 heterocycles. The Morgan fingerprint density at radius 3 is 2.44 bits per heavy atom. The van der Waals surface area contributed by atoms with Gasteiger partial charge in [-0.05, 0) is 42.5 Å². The molecule has 5 heteroatoms. The van der Waals surface area contributed by atoms with Gasteiger partial charge in [-0.25, -0.2) is 8.42 Å². The van der Waals surface area contributed by atoms with Crippen LogP contribution in [0.25, 0.3) is 0 Å². The molecule has 0 bridgehead atoms. The molecule has 2 aromatic carbocycles. The average Bonchev–Trinajstić information content (AvgIpc) is 2.39. The summed E-state index contributed by atoms with van der Waals surface area (Å²) in [5.41, 5.74) is 0.480. The molecule has 0 aliphatic heterocycles. The molecule has 4 nitrogen and oxygen atoms in total. The number of sulfonamides is 1. The summed E-state index contributed by atoms with van der Waals surface area (Å²) in [6, 6.07) is 15.6. The fraction of sp³-hybridized carbons (Fsp3) is 0.0769. The van der Waals surface area contributed by atoms with Crippen LogP contribution in [0.1, 0.15) is 0 Å². The summed E-state index contributed by atoms with van der Waals surface area (Å²) in [5, 5.41) is 0. The van der Waals surface area contributed by atoms with Crippen LogP contribution in [0, 0.1) is 6.07 Å². The Morgan fingerprint density at radius 2 is 1.89 bits per heavy atom. The maximum atomic E-state index is 12.0. The lowest BCUT2D eigenvalue weighted by molar-refractivity contribution is 0.414. The van der Waals surface area contributed by atoms with E-state index in [4.69, 9.17) is 4.74 Å². The van der Waals surface area contributed by atoms with E-state index in [0.717, 1.165) is 0 Å². The zero-order valence-electron chi connectivity index (χ0n) is 9.75. The molecule has 0 unspecified atom stereocenters. The summed E-state index contributed by atoms with van der Waals surface area (Å²) in [4.78, 5) is 0.187. The van der Waals surface area contributed by atoms with Crippen LogP contribution in [0.3, 0.4) is 0 Å². The van der Waals surface area contributed by atoms with Gasteiger partial charge in [-0.15, -0.1) is 0 Å². The molecule has 2 rings (SSSR count). The van der Waals surface area contributed by atoms with Crippen LogP contribution in [0.4, 0.5) is 5.69 Å². The van der Waals surface area contributed by atoms with Crippen LogP contribution < -0.4 is 9.46 Å². The third-order valence-electron chi connectivity index (χ3n) is 2.33. The van der Waals surface area contributed by atoms with Crippen LogP contribution in [-0.2, 0) is 10.0 Å². The molecule has 0 aromatic heterocycles. The van der Waals surface area contributed by atoms with Crippen molar-refractivity contribution in [3.8, 4) is 5.75 Å². The van der Waals surface area contributed by atoms with E-state index in [9.17, 15) is 8.42 Å². The van der Waals surface area contributed by atoms with Crippen molar-refractivity contribution in [1.82, 2.24) is 0 Å². The van der Waals surface area contributed by atoms with E-state index in [0.29, 0.717) is 11.4 Å². The molecular formula is C13H12NO3S. The van der Waals surface area contributed by atoms with Crippen molar-refractivity contribution in [2.75, 3.05) is 11.8 Å². The van der Waals surface area contributed by atoms with Crippen molar-refractivity contribution in [2.45, 2.75) is 4.90 Å². The van der Waals surface area contributed by atoms with Crippen molar-refractivity contribution < 1.29 is 13.2 Å². The largest absolute Gasteiger partial charge is 0.497 e. The van der Waals surface area contributed by atoms with E-state index in [1.165, 1.54) is 19.2 Å². The molecule has 93 valence electrons. The molecule has 0 aliphatic carbocycles. The number of anilines is 1. The highest BCUT2D eigenvalue weighted by Gasteiger charge is 2.13. The lowest BCUT2D eigenvalue weighted by Gasteiger charge is -2.08. The van der Waals surface area contributed by atoms with Gasteiger partial charge in [0.15, 0.2) is 0 Å². The van der Waals surface area contributed by atoms with E-state index < -0.39 is 10.0 Å². The van der Waals surface area contributed by atoms with Gasteiger partial charge in [0, 0.05) is 5.69 Å². The van der Waals surface area contributed by atoms with Crippen molar-refractivity contribution in [2.24, 2.45) is 0 Å². The second kappa shape index (κ2) is 5.10. The normalized spacial score (nSPS) is 10.9. The minimum Gasteiger partial charge on any atom is -0.497 e. The van der Waals surface area contributed by atoms with Crippen molar-refractivity contribution in [3.05, 3.63) is 54.6 Å². The molecule has 0 spiro atoms. The summed E-state index contributed by atoms with van der Waals surface area (Å²) in [6.07, 6.45) is 0. The zero-order valence-corrected chi connectivity index (χ0v) is 10.6. The molecule has 18 heavy (non-hydrogen) atoms. The molecule has 0 amide bonds. The molecule has 0 fully saturated rings. The predicted octanol–water partition coefficient (Wildman–Crippen LogP) is 2.30. The van der Waals surface area contributed by atoms with Crippen molar-refractivity contribution in [3.63, 3.8) is 0 Å². The van der Waals surface area contributed by atoms with E-state index in [1.54, 1.807) is 36.4 Å². The highest BCUT2D eigenvalue weighted by molar-refractivity contribution is 7.92. The maximum Gasteiger partial charge on any atom is 0.261 e. The van der Waals surface area contributed by atoms with Crippen LogP contribution in [0.5, 0.6) is 5.75 Å². The van der Waals surface area contributed by atoms with E-state index in [2.05, 4.69) is 10.8 Å². The Hall–Kier alpha value is -2.01. The standard InChI is InChI=1S/C13H12NO3S/c1-17-12-7-9-13(10-8-12)18(15,16)14-11-5-3-2-4-6-11/h2-3,5-10,14H,1H3. The van der Waals surface area contributed by atoms with Crippen molar-refractivity contribution >= 4 is 15.7 Å². The Balaban J connectivity index is 2.25. The van der Waals surface area contributed by atoms with Gasteiger partial charge in [-0.2, -0.15) is 0 Å². The number of methoxy groups -OCH3 is 1. The van der Waals surface area contributed by atoms with Crippen LogP contribution in [-0.4, -0.2) is 15.5 Å². The van der Waals surface area contributed by atoms with Gasteiger partial charge in [-0.3, -0.25) is 4.72 Å². The van der Waals surface area contributed by atoms with Crippen LogP contribution in [0.15, 0.2) is 53.4 Å². The summed E-state index contributed by atoms with van der Waals surface area (Å²) >= 11 is 0.